The zero-order valence-electron chi connectivity index (χ0n) is 14.3. The molecule has 0 amide bonds. The summed E-state index contributed by atoms with van der Waals surface area (Å²) in [5.74, 6) is 0.818. The minimum absolute atomic E-state index is 0.446. The van der Waals surface area contributed by atoms with Gasteiger partial charge in [-0.3, -0.25) is 5.43 Å². The summed E-state index contributed by atoms with van der Waals surface area (Å²) >= 11 is 5.26. The van der Waals surface area contributed by atoms with Crippen LogP contribution in [0.1, 0.15) is 30.0 Å². The molecule has 0 aliphatic rings. The number of aryl methyl sites for hydroxylation is 2. The molecule has 0 aliphatic carbocycles. The van der Waals surface area contributed by atoms with Crippen molar-refractivity contribution in [3.63, 3.8) is 0 Å². The maximum Gasteiger partial charge on any atom is 0.191 e. The monoisotopic (exact) mass is 341 g/mol. The van der Waals surface area contributed by atoms with Crippen molar-refractivity contribution < 1.29 is 4.74 Å². The third kappa shape index (κ3) is 5.35. The van der Waals surface area contributed by atoms with Crippen LogP contribution in [0.3, 0.4) is 0 Å². The molecule has 0 fully saturated rings. The Kier molecular flexibility index (Phi) is 6.75. The number of rotatable bonds is 6. The van der Waals surface area contributed by atoms with Crippen molar-refractivity contribution >= 4 is 29.2 Å². The van der Waals surface area contributed by atoms with Crippen LogP contribution < -0.4 is 15.5 Å². The number of hydrogen-bond acceptors (Lipinski definition) is 3. The molecule has 0 saturated heterocycles. The van der Waals surface area contributed by atoms with Gasteiger partial charge < -0.3 is 10.1 Å². The topological polar surface area (TPSA) is 45.6 Å². The number of hydrazone groups is 1. The van der Waals surface area contributed by atoms with Crippen LogP contribution in [-0.2, 0) is 0 Å². The second kappa shape index (κ2) is 9.03. The van der Waals surface area contributed by atoms with Gasteiger partial charge in [-0.2, -0.15) is 5.10 Å². The Hall–Kier alpha value is -2.40. The van der Waals surface area contributed by atoms with Crippen molar-refractivity contribution in [3.05, 3.63) is 59.2 Å². The van der Waals surface area contributed by atoms with Gasteiger partial charge in [-0.25, -0.2) is 0 Å². The molecule has 0 unspecified atom stereocenters. The van der Waals surface area contributed by atoms with Gasteiger partial charge in [-0.15, -0.1) is 0 Å². The fourth-order valence-corrected chi connectivity index (χ4v) is 2.24. The van der Waals surface area contributed by atoms with Crippen molar-refractivity contribution in [1.82, 2.24) is 5.43 Å². The van der Waals surface area contributed by atoms with Crippen LogP contribution in [0, 0.1) is 13.8 Å². The number of benzene rings is 2. The number of hydrogen-bond donors (Lipinski definition) is 2. The standard InChI is InChI=1S/C19H23N3OS/c1-4-11-23-18-8-6-5-7-16(18)13-20-22-19(24)21-17-10-9-14(2)15(3)12-17/h5-10,12-13H,4,11H2,1-3H3,(H2,21,22,24). The van der Waals surface area contributed by atoms with E-state index in [0.29, 0.717) is 11.7 Å². The van der Waals surface area contributed by atoms with E-state index in [1.165, 1.54) is 11.1 Å². The summed E-state index contributed by atoms with van der Waals surface area (Å²) in [6.45, 7) is 6.92. The second-order valence-electron chi connectivity index (χ2n) is 5.51. The lowest BCUT2D eigenvalue weighted by Crippen LogP contribution is -2.23. The molecule has 0 heterocycles. The highest BCUT2D eigenvalue weighted by Gasteiger charge is 2.01. The highest BCUT2D eigenvalue weighted by molar-refractivity contribution is 7.80. The predicted octanol–water partition coefficient (Wildman–Crippen LogP) is 4.41. The van der Waals surface area contributed by atoms with E-state index in [1.54, 1.807) is 6.21 Å². The zero-order valence-corrected chi connectivity index (χ0v) is 15.1. The van der Waals surface area contributed by atoms with Gasteiger partial charge in [0.05, 0.1) is 12.8 Å². The number of ether oxygens (including phenoxy) is 1. The number of para-hydroxylation sites is 1. The first kappa shape index (κ1) is 17.9. The van der Waals surface area contributed by atoms with Crippen molar-refractivity contribution in [1.29, 1.82) is 0 Å². The van der Waals surface area contributed by atoms with E-state index in [-0.39, 0.29) is 0 Å². The first-order chi connectivity index (χ1) is 11.6. The minimum atomic E-state index is 0.446. The van der Waals surface area contributed by atoms with E-state index in [1.807, 2.05) is 30.3 Å². The predicted molar refractivity (Wildman–Crippen MR) is 105 cm³/mol. The molecular formula is C19H23N3OS. The lowest BCUT2D eigenvalue weighted by molar-refractivity contribution is 0.317. The van der Waals surface area contributed by atoms with Crippen molar-refractivity contribution in [2.24, 2.45) is 5.10 Å². The van der Waals surface area contributed by atoms with Gasteiger partial charge in [0, 0.05) is 11.3 Å². The third-order valence-corrected chi connectivity index (χ3v) is 3.71. The summed E-state index contributed by atoms with van der Waals surface area (Å²) in [7, 11) is 0. The second-order valence-corrected chi connectivity index (χ2v) is 5.92. The van der Waals surface area contributed by atoms with E-state index in [9.17, 15) is 0 Å². The number of anilines is 1. The van der Waals surface area contributed by atoms with Gasteiger partial charge >= 0.3 is 0 Å². The molecule has 2 N–H and O–H groups in total. The number of nitrogens with one attached hydrogen (secondary N) is 2. The zero-order chi connectivity index (χ0) is 17.4. The smallest absolute Gasteiger partial charge is 0.191 e. The Bertz CT molecular complexity index is 728. The van der Waals surface area contributed by atoms with Crippen molar-refractivity contribution in [2.45, 2.75) is 27.2 Å². The molecule has 0 atom stereocenters. The molecule has 2 aromatic carbocycles. The lowest BCUT2D eigenvalue weighted by Gasteiger charge is -2.09. The van der Waals surface area contributed by atoms with E-state index in [4.69, 9.17) is 17.0 Å². The lowest BCUT2D eigenvalue weighted by atomic mass is 10.1. The molecule has 24 heavy (non-hydrogen) atoms. The maximum atomic E-state index is 5.70. The summed E-state index contributed by atoms with van der Waals surface area (Å²) in [6.07, 6.45) is 2.67. The van der Waals surface area contributed by atoms with Crippen molar-refractivity contribution in [3.8, 4) is 5.75 Å². The minimum Gasteiger partial charge on any atom is -0.493 e. The van der Waals surface area contributed by atoms with Crippen molar-refractivity contribution in [2.75, 3.05) is 11.9 Å². The maximum absolute atomic E-state index is 5.70. The van der Waals surface area contributed by atoms with Gasteiger partial charge in [0.15, 0.2) is 5.11 Å². The van der Waals surface area contributed by atoms with E-state index < -0.39 is 0 Å². The molecule has 0 radical (unpaired) electrons. The van der Waals surface area contributed by atoms with Crippen LogP contribution >= 0.6 is 12.2 Å². The average molecular weight is 341 g/mol. The third-order valence-electron chi connectivity index (χ3n) is 3.52. The Morgan fingerprint density at radius 2 is 1.96 bits per heavy atom. The summed E-state index contributed by atoms with van der Waals surface area (Å²) < 4.78 is 5.70. The van der Waals surface area contributed by atoms with Crippen LogP contribution in [0.4, 0.5) is 5.69 Å². The van der Waals surface area contributed by atoms with Gasteiger partial charge in [0.1, 0.15) is 5.75 Å². The van der Waals surface area contributed by atoms with Crippen LogP contribution in [0.2, 0.25) is 0 Å². The van der Waals surface area contributed by atoms with Gasteiger partial charge in [0.25, 0.3) is 0 Å². The first-order valence-electron chi connectivity index (χ1n) is 7.99. The molecule has 0 aromatic heterocycles. The molecule has 0 spiro atoms. The molecule has 2 aromatic rings. The molecule has 4 nitrogen and oxygen atoms in total. The molecular weight excluding hydrogens is 318 g/mol. The summed E-state index contributed by atoms with van der Waals surface area (Å²) in [5, 5.41) is 7.75. The van der Waals surface area contributed by atoms with Gasteiger partial charge in [-0.1, -0.05) is 25.1 Å². The SMILES string of the molecule is CCCOc1ccccc1C=NNC(=S)Nc1ccc(C)c(C)c1. The normalized spacial score (nSPS) is 10.6. The van der Waals surface area contributed by atoms with Crippen LogP contribution in [0.25, 0.3) is 0 Å². The average Bonchev–Trinajstić information content (AvgIpc) is 2.57. The van der Waals surface area contributed by atoms with Crippen LogP contribution in [-0.4, -0.2) is 17.9 Å². The molecule has 5 heteroatoms. The number of thiocarbonyl (C=S) groups is 1. The van der Waals surface area contributed by atoms with E-state index >= 15 is 0 Å². The Labute approximate surface area is 148 Å². The molecule has 126 valence electrons. The van der Waals surface area contributed by atoms with Gasteiger partial charge in [-0.05, 0) is 67.9 Å². The molecule has 0 aliphatic heterocycles. The summed E-state index contributed by atoms with van der Waals surface area (Å²) in [4.78, 5) is 0. The Morgan fingerprint density at radius 1 is 1.17 bits per heavy atom. The van der Waals surface area contributed by atoms with E-state index in [2.05, 4.69) is 48.7 Å². The highest BCUT2D eigenvalue weighted by Crippen LogP contribution is 2.16. The van der Waals surface area contributed by atoms with Crippen LogP contribution in [0.15, 0.2) is 47.6 Å². The largest absolute Gasteiger partial charge is 0.493 e. The fourth-order valence-electron chi connectivity index (χ4n) is 2.07. The summed E-state index contributed by atoms with van der Waals surface area (Å²) in [6, 6.07) is 13.9. The van der Waals surface area contributed by atoms with E-state index in [0.717, 1.165) is 23.4 Å². The first-order valence-corrected chi connectivity index (χ1v) is 8.40. The Balaban J connectivity index is 1.93. The highest BCUT2D eigenvalue weighted by atomic mass is 32.1. The quantitative estimate of drug-likeness (QED) is 0.464. The summed E-state index contributed by atoms with van der Waals surface area (Å²) in [5.41, 5.74) is 7.15. The van der Waals surface area contributed by atoms with Gasteiger partial charge in [0.2, 0.25) is 0 Å². The molecule has 2 rings (SSSR count). The molecule has 0 bridgehead atoms. The Morgan fingerprint density at radius 3 is 2.71 bits per heavy atom. The molecule has 0 saturated carbocycles. The fraction of sp³-hybridized carbons (Fsp3) is 0.263. The number of nitrogens with zero attached hydrogens (tertiary/aromatic N) is 1. The van der Waals surface area contributed by atoms with Crippen LogP contribution in [0.5, 0.6) is 5.75 Å².